The highest BCUT2D eigenvalue weighted by atomic mass is 35.5. The molecule has 0 bridgehead atoms. The Bertz CT molecular complexity index is 1680. The topological polar surface area (TPSA) is 76.4 Å². The second-order valence-electron chi connectivity index (χ2n) is 14.8. The van der Waals surface area contributed by atoms with Crippen molar-refractivity contribution in [3.05, 3.63) is 75.3 Å². The molecule has 254 valence electrons. The predicted molar refractivity (Wildman–Crippen MR) is 173 cm³/mol. The van der Waals surface area contributed by atoms with E-state index >= 15 is 4.39 Å². The molecule has 3 atom stereocenters. The summed E-state index contributed by atoms with van der Waals surface area (Å²) in [7, 11) is 0. The molecule has 8 nitrogen and oxygen atoms in total. The molecule has 2 unspecified atom stereocenters. The lowest BCUT2D eigenvalue weighted by atomic mass is 9.77. The van der Waals surface area contributed by atoms with Gasteiger partial charge in [-0.2, -0.15) is 5.10 Å². The third-order valence-corrected chi connectivity index (χ3v) is 11.0. The Labute approximate surface area is 279 Å². The van der Waals surface area contributed by atoms with Crippen molar-refractivity contribution in [2.45, 2.75) is 103 Å². The van der Waals surface area contributed by atoms with Crippen LogP contribution in [0.2, 0.25) is 5.02 Å². The van der Waals surface area contributed by atoms with E-state index in [0.717, 1.165) is 23.1 Å². The molecule has 1 aromatic carbocycles. The highest BCUT2D eigenvalue weighted by molar-refractivity contribution is 6.31. The summed E-state index contributed by atoms with van der Waals surface area (Å²) in [5, 5.41) is 4.96. The average molecular weight is 673 g/mol. The fraction of sp³-hybridized carbons (Fsp3) is 0.600. The van der Waals surface area contributed by atoms with Crippen molar-refractivity contribution in [1.82, 2.24) is 29.5 Å². The van der Waals surface area contributed by atoms with Gasteiger partial charge in [-0.05, 0) is 92.0 Å². The first-order valence-electron chi connectivity index (χ1n) is 16.5. The summed E-state index contributed by atoms with van der Waals surface area (Å²) in [4.78, 5) is 27.8. The third-order valence-electron chi connectivity index (χ3n) is 10.6. The van der Waals surface area contributed by atoms with Crippen LogP contribution in [0.25, 0.3) is 0 Å². The van der Waals surface area contributed by atoms with Gasteiger partial charge in [-0.3, -0.25) is 14.7 Å². The number of hydrogen-bond donors (Lipinski definition) is 0. The van der Waals surface area contributed by atoms with E-state index < -0.39 is 46.4 Å². The number of amides is 1. The molecule has 2 saturated heterocycles. The van der Waals surface area contributed by atoms with Gasteiger partial charge in [-0.1, -0.05) is 17.7 Å². The van der Waals surface area contributed by atoms with Crippen molar-refractivity contribution >= 4 is 17.5 Å². The monoisotopic (exact) mass is 672 g/mol. The molecule has 0 saturated carbocycles. The number of piperidine rings is 2. The number of carbonyl (C=O) groups excluding carboxylic acids is 1. The number of aromatic nitrogens is 4. The number of ether oxygens (including phenoxy) is 1. The highest BCUT2D eigenvalue weighted by Crippen LogP contribution is 2.55. The fourth-order valence-electron chi connectivity index (χ4n) is 7.83. The number of rotatable bonds is 5. The van der Waals surface area contributed by atoms with E-state index in [1.807, 2.05) is 29.5 Å². The van der Waals surface area contributed by atoms with Crippen molar-refractivity contribution < 1.29 is 22.7 Å². The van der Waals surface area contributed by atoms with Crippen LogP contribution in [0.15, 0.2) is 24.5 Å². The third kappa shape index (κ3) is 5.76. The van der Waals surface area contributed by atoms with Crippen LogP contribution >= 0.6 is 11.6 Å². The number of hydrogen-bond acceptors (Lipinski definition) is 6. The van der Waals surface area contributed by atoms with Crippen LogP contribution in [-0.4, -0.2) is 67.2 Å². The Morgan fingerprint density at radius 2 is 1.77 bits per heavy atom. The minimum atomic E-state index is -1.50. The summed E-state index contributed by atoms with van der Waals surface area (Å²) in [5.41, 5.74) is 0.965. The van der Waals surface area contributed by atoms with Crippen LogP contribution in [-0.2, 0) is 27.1 Å². The average Bonchev–Trinajstić information content (AvgIpc) is 3.64. The van der Waals surface area contributed by atoms with Gasteiger partial charge >= 0.3 is 0 Å². The molecule has 12 heteroatoms. The number of likely N-dealkylation sites (tertiary alicyclic amines) is 2. The largest absolute Gasteiger partial charge is 0.359 e. The summed E-state index contributed by atoms with van der Waals surface area (Å²) >= 11 is 6.62. The Morgan fingerprint density at radius 3 is 2.43 bits per heavy atom. The summed E-state index contributed by atoms with van der Waals surface area (Å²) in [6.07, 6.45) is 2.66. The fourth-order valence-corrected chi connectivity index (χ4v) is 7.99. The van der Waals surface area contributed by atoms with Crippen LogP contribution in [0.4, 0.5) is 13.2 Å². The van der Waals surface area contributed by atoms with E-state index in [9.17, 15) is 13.6 Å². The molecule has 2 aromatic heterocycles. The van der Waals surface area contributed by atoms with Gasteiger partial charge < -0.3 is 9.64 Å². The molecule has 5 heterocycles. The van der Waals surface area contributed by atoms with Gasteiger partial charge in [0.15, 0.2) is 17.5 Å². The first kappa shape index (κ1) is 33.9. The molecular formula is C35H44ClF3N6O2. The number of halogens is 4. The first-order chi connectivity index (χ1) is 22.1. The lowest BCUT2D eigenvalue weighted by molar-refractivity contribution is -0.154. The number of aryl methyl sites for hydroxylation is 2. The molecule has 3 aromatic rings. The Kier molecular flexibility index (Phi) is 8.75. The Morgan fingerprint density at radius 1 is 1.06 bits per heavy atom. The minimum Gasteiger partial charge on any atom is -0.359 e. The summed E-state index contributed by atoms with van der Waals surface area (Å²) < 4.78 is 52.5. The lowest BCUT2D eigenvalue weighted by Crippen LogP contribution is -2.54. The van der Waals surface area contributed by atoms with Crippen LogP contribution in [0.1, 0.15) is 101 Å². The lowest BCUT2D eigenvalue weighted by Gasteiger charge is -2.47. The van der Waals surface area contributed by atoms with Crippen molar-refractivity contribution in [2.75, 3.05) is 26.2 Å². The summed E-state index contributed by atoms with van der Waals surface area (Å²) in [6, 6.07) is 4.20. The molecule has 0 aliphatic carbocycles. The van der Waals surface area contributed by atoms with Gasteiger partial charge in [0.25, 0.3) is 0 Å². The standard InChI is InChI=1S/C35H44ClF3N6O2/c1-8-45-32(40-19-41-45)34(6,7)30-23-17-25(36)20(2)42-29(23)35(47-30)12-15-43(16-13-35)31(46)22-11-14-44(33(3,4)5)18-24(22)21-9-10-26(37)28(39)27(21)38/h9-10,17,19,22,24,30H,8,11-16,18H2,1-7H3/t22?,24-,30?/m0/s1. The zero-order valence-electron chi connectivity index (χ0n) is 28.2. The van der Waals surface area contributed by atoms with E-state index in [1.54, 1.807) is 6.33 Å². The Hall–Kier alpha value is -3.02. The molecule has 1 amide bonds. The number of pyridine rings is 1. The SMILES string of the molecule is CCn1ncnc1C(C)(C)C1OC2(CCN(C(=O)C3CCN(C(C)(C)C)C[C@H]3c3ccc(F)c(F)c3F)CC2)c2nc(C)c(Cl)cc21. The van der Waals surface area contributed by atoms with E-state index in [1.165, 1.54) is 6.07 Å². The molecule has 2 fully saturated rings. The quantitative estimate of drug-likeness (QED) is 0.276. The zero-order valence-corrected chi connectivity index (χ0v) is 29.0. The second kappa shape index (κ2) is 12.1. The van der Waals surface area contributed by atoms with Gasteiger partial charge in [0.05, 0.1) is 27.9 Å². The molecule has 0 N–H and O–H groups in total. The normalized spacial score (nSPS) is 23.4. The molecule has 0 radical (unpaired) electrons. The minimum absolute atomic E-state index is 0.0410. The van der Waals surface area contributed by atoms with Crippen LogP contribution in [0.3, 0.4) is 0 Å². The maximum absolute atomic E-state index is 15.2. The maximum Gasteiger partial charge on any atom is 0.226 e. The van der Waals surface area contributed by atoms with Crippen molar-refractivity contribution in [2.24, 2.45) is 5.92 Å². The van der Waals surface area contributed by atoms with Crippen molar-refractivity contribution in [1.29, 1.82) is 0 Å². The van der Waals surface area contributed by atoms with Gasteiger partial charge in [0.1, 0.15) is 17.8 Å². The van der Waals surface area contributed by atoms with Crippen LogP contribution < -0.4 is 0 Å². The molecule has 1 spiro atoms. The van der Waals surface area contributed by atoms with Gasteiger partial charge in [-0.15, -0.1) is 0 Å². The molecule has 3 aliphatic heterocycles. The van der Waals surface area contributed by atoms with Crippen LogP contribution in [0.5, 0.6) is 0 Å². The van der Waals surface area contributed by atoms with E-state index in [2.05, 4.69) is 49.6 Å². The molecule has 47 heavy (non-hydrogen) atoms. The maximum atomic E-state index is 15.2. The van der Waals surface area contributed by atoms with Crippen molar-refractivity contribution in [3.63, 3.8) is 0 Å². The van der Waals surface area contributed by atoms with E-state index in [4.69, 9.17) is 21.3 Å². The predicted octanol–water partition coefficient (Wildman–Crippen LogP) is 6.84. The summed E-state index contributed by atoms with van der Waals surface area (Å²) in [5.74, 6) is -4.47. The number of benzene rings is 1. The first-order valence-corrected chi connectivity index (χ1v) is 16.9. The van der Waals surface area contributed by atoms with Gasteiger partial charge in [0, 0.05) is 49.1 Å². The van der Waals surface area contributed by atoms with Gasteiger partial charge in [0.2, 0.25) is 5.91 Å². The Balaban J connectivity index is 1.28. The van der Waals surface area contributed by atoms with Crippen molar-refractivity contribution in [3.8, 4) is 0 Å². The summed E-state index contributed by atoms with van der Waals surface area (Å²) in [6.45, 7) is 16.7. The smallest absolute Gasteiger partial charge is 0.226 e. The van der Waals surface area contributed by atoms with Crippen LogP contribution in [0, 0.1) is 30.3 Å². The number of fused-ring (bicyclic) bond motifs is 2. The molecular weight excluding hydrogens is 629 g/mol. The zero-order chi connectivity index (χ0) is 34.1. The molecule has 3 aliphatic rings. The number of nitrogens with zero attached hydrogens (tertiary/aromatic N) is 6. The van der Waals surface area contributed by atoms with E-state index in [-0.39, 0.29) is 17.0 Å². The highest BCUT2D eigenvalue weighted by Gasteiger charge is 2.54. The second-order valence-corrected chi connectivity index (χ2v) is 15.2. The number of carbonyl (C=O) groups is 1. The van der Waals surface area contributed by atoms with E-state index in [0.29, 0.717) is 62.7 Å². The molecule has 6 rings (SSSR count). The van der Waals surface area contributed by atoms with Gasteiger partial charge in [-0.25, -0.2) is 22.8 Å².